The van der Waals surface area contributed by atoms with Gasteiger partial charge < -0.3 is 30.0 Å². The van der Waals surface area contributed by atoms with Gasteiger partial charge in [0.1, 0.15) is 6.04 Å². The quantitative estimate of drug-likeness (QED) is 0.0709. The van der Waals surface area contributed by atoms with E-state index in [1.807, 2.05) is 97.1 Å². The van der Waals surface area contributed by atoms with Crippen molar-refractivity contribution in [2.45, 2.75) is 55.7 Å². The molecule has 4 atom stereocenters. The highest BCUT2D eigenvalue weighted by molar-refractivity contribution is 7.99. The van der Waals surface area contributed by atoms with E-state index < -0.39 is 24.3 Å². The summed E-state index contributed by atoms with van der Waals surface area (Å²) in [7, 11) is 1.31. The number of nitrogens with one attached hydrogen (secondary N) is 2. The standard InChI is InChI=1S/C40H40N4O6S/c1-48-37(46)35(21-27-8-3-2-4-9-27)44-39(47)43-24-29-10-5-11-31(20-29)32-12-6-13-33(22-32)38-49-34(26-51-40-41-18-7-19-42-40)23-36(50-38)30-16-14-28(25-45)15-17-30/h2-20,22,34-36,38,45H,21,23-26H2,1H3,(H2,43,44,47)/t34-,35-,36+,38+/m0/s1. The summed E-state index contributed by atoms with van der Waals surface area (Å²) >= 11 is 1.55. The van der Waals surface area contributed by atoms with Gasteiger partial charge in [0.15, 0.2) is 11.4 Å². The minimum Gasteiger partial charge on any atom is -0.467 e. The summed E-state index contributed by atoms with van der Waals surface area (Å²) in [5.74, 6) is 0.146. The Labute approximate surface area is 301 Å². The summed E-state index contributed by atoms with van der Waals surface area (Å²) < 4.78 is 18.0. The maximum absolute atomic E-state index is 12.8. The molecular formula is C40H40N4O6S. The molecule has 6 rings (SSSR count). The van der Waals surface area contributed by atoms with Gasteiger partial charge in [-0.2, -0.15) is 0 Å². The van der Waals surface area contributed by atoms with E-state index >= 15 is 0 Å². The molecule has 4 aromatic carbocycles. The number of carbonyl (C=O) groups excluding carboxylic acids is 2. The third kappa shape index (κ3) is 10.0. The second-order valence-electron chi connectivity index (χ2n) is 12.1. The zero-order valence-corrected chi connectivity index (χ0v) is 29.0. The molecule has 0 bridgehead atoms. The first-order valence-corrected chi connectivity index (χ1v) is 17.7. The average Bonchev–Trinajstić information content (AvgIpc) is 3.19. The van der Waals surface area contributed by atoms with Gasteiger partial charge in [0.2, 0.25) is 0 Å². The number of methoxy groups -OCH3 is 1. The molecule has 1 fully saturated rings. The minimum atomic E-state index is -0.819. The van der Waals surface area contributed by atoms with Crippen LogP contribution in [0.15, 0.2) is 127 Å². The molecule has 0 saturated carbocycles. The summed E-state index contributed by atoms with van der Waals surface area (Å²) in [6, 6.07) is 33.8. The molecule has 1 aliphatic rings. The van der Waals surface area contributed by atoms with Gasteiger partial charge in [0.25, 0.3) is 0 Å². The fourth-order valence-electron chi connectivity index (χ4n) is 5.85. The Kier molecular flexibility index (Phi) is 12.4. The zero-order valence-electron chi connectivity index (χ0n) is 28.2. The number of hydrogen-bond acceptors (Lipinski definition) is 9. The number of amides is 2. The second-order valence-corrected chi connectivity index (χ2v) is 13.1. The lowest BCUT2D eigenvalue weighted by atomic mass is 9.99. The third-order valence-electron chi connectivity index (χ3n) is 8.50. The van der Waals surface area contributed by atoms with Crippen molar-refractivity contribution in [1.82, 2.24) is 20.6 Å². The van der Waals surface area contributed by atoms with Crippen LogP contribution >= 0.6 is 11.8 Å². The number of aliphatic hydroxyl groups is 1. The molecule has 2 amide bonds. The molecule has 0 unspecified atom stereocenters. The average molecular weight is 705 g/mol. The highest BCUT2D eigenvalue weighted by Crippen LogP contribution is 2.40. The predicted octanol–water partition coefficient (Wildman–Crippen LogP) is 6.56. The number of urea groups is 1. The van der Waals surface area contributed by atoms with Gasteiger partial charge in [-0.15, -0.1) is 0 Å². The molecule has 10 nitrogen and oxygen atoms in total. The number of carbonyl (C=O) groups is 2. The van der Waals surface area contributed by atoms with Gasteiger partial charge in [-0.25, -0.2) is 19.6 Å². The lowest BCUT2D eigenvalue weighted by molar-refractivity contribution is -0.245. The van der Waals surface area contributed by atoms with Gasteiger partial charge in [0, 0.05) is 43.1 Å². The van der Waals surface area contributed by atoms with E-state index in [0.717, 1.165) is 38.9 Å². The van der Waals surface area contributed by atoms with Gasteiger partial charge in [0.05, 0.1) is 25.9 Å². The van der Waals surface area contributed by atoms with Gasteiger partial charge in [-0.05, 0) is 51.6 Å². The summed E-state index contributed by atoms with van der Waals surface area (Å²) in [6.07, 6.45) is 3.48. The van der Waals surface area contributed by atoms with Crippen LogP contribution < -0.4 is 10.6 Å². The van der Waals surface area contributed by atoms with E-state index in [2.05, 4.69) is 26.7 Å². The topological polar surface area (TPSA) is 132 Å². The van der Waals surface area contributed by atoms with Crippen LogP contribution in [0, 0.1) is 0 Å². The number of aromatic nitrogens is 2. The smallest absolute Gasteiger partial charge is 0.328 e. The van der Waals surface area contributed by atoms with Crippen molar-refractivity contribution in [3.05, 3.63) is 149 Å². The Hall–Kier alpha value is -5.07. The molecule has 1 saturated heterocycles. The predicted molar refractivity (Wildman–Crippen MR) is 194 cm³/mol. The Balaban J connectivity index is 1.14. The molecule has 0 radical (unpaired) electrons. The van der Waals surface area contributed by atoms with Crippen molar-refractivity contribution in [3.63, 3.8) is 0 Å². The molecule has 2 heterocycles. The third-order valence-corrected chi connectivity index (χ3v) is 9.51. The van der Waals surface area contributed by atoms with Crippen LogP contribution in [0.1, 0.15) is 46.6 Å². The Morgan fingerprint density at radius 1 is 0.843 bits per heavy atom. The van der Waals surface area contributed by atoms with Gasteiger partial charge in [-0.1, -0.05) is 103 Å². The van der Waals surface area contributed by atoms with E-state index in [0.29, 0.717) is 23.8 Å². The monoisotopic (exact) mass is 704 g/mol. The van der Waals surface area contributed by atoms with E-state index in [1.165, 1.54) is 7.11 Å². The summed E-state index contributed by atoms with van der Waals surface area (Å²) in [5, 5.41) is 15.9. The van der Waals surface area contributed by atoms with Crippen LogP contribution in [0.2, 0.25) is 0 Å². The summed E-state index contributed by atoms with van der Waals surface area (Å²) in [4.78, 5) is 33.9. The van der Waals surface area contributed by atoms with Gasteiger partial charge >= 0.3 is 12.0 Å². The number of esters is 1. The molecule has 3 N–H and O–H groups in total. The Morgan fingerprint density at radius 2 is 1.57 bits per heavy atom. The minimum absolute atomic E-state index is 0.0181. The first kappa shape index (κ1) is 35.7. The molecule has 0 spiro atoms. The van der Waals surface area contributed by atoms with E-state index in [-0.39, 0.29) is 25.4 Å². The van der Waals surface area contributed by atoms with Crippen molar-refractivity contribution in [2.24, 2.45) is 0 Å². The highest BCUT2D eigenvalue weighted by atomic mass is 32.2. The van der Waals surface area contributed by atoms with Crippen LogP contribution in [0.5, 0.6) is 0 Å². The molecule has 5 aromatic rings. The number of benzene rings is 4. The number of ether oxygens (including phenoxy) is 3. The fraction of sp³-hybridized carbons (Fsp3) is 0.250. The maximum Gasteiger partial charge on any atom is 0.328 e. The number of aliphatic hydroxyl groups excluding tert-OH is 1. The van der Waals surface area contributed by atoms with Crippen molar-refractivity contribution < 1.29 is 28.9 Å². The maximum atomic E-state index is 12.8. The summed E-state index contributed by atoms with van der Waals surface area (Å²) in [5.41, 5.74) is 6.48. The van der Waals surface area contributed by atoms with Crippen molar-refractivity contribution in [3.8, 4) is 11.1 Å². The molecule has 0 aliphatic carbocycles. The number of hydrogen-bond donors (Lipinski definition) is 3. The van der Waals surface area contributed by atoms with Crippen LogP contribution in [-0.2, 0) is 38.6 Å². The van der Waals surface area contributed by atoms with Crippen LogP contribution in [-0.4, -0.2) is 52.1 Å². The Morgan fingerprint density at radius 3 is 2.31 bits per heavy atom. The van der Waals surface area contributed by atoms with E-state index in [9.17, 15) is 14.7 Å². The highest BCUT2D eigenvalue weighted by Gasteiger charge is 2.32. The first-order chi connectivity index (χ1) is 25.0. The molecule has 51 heavy (non-hydrogen) atoms. The van der Waals surface area contributed by atoms with E-state index in [4.69, 9.17) is 14.2 Å². The van der Waals surface area contributed by atoms with Gasteiger partial charge in [-0.3, -0.25) is 0 Å². The lowest BCUT2D eigenvalue weighted by Crippen LogP contribution is -2.47. The molecule has 1 aliphatic heterocycles. The summed E-state index contributed by atoms with van der Waals surface area (Å²) in [6.45, 7) is 0.240. The van der Waals surface area contributed by atoms with Crippen molar-refractivity contribution in [2.75, 3.05) is 12.9 Å². The number of thioether (sulfide) groups is 1. The van der Waals surface area contributed by atoms with Crippen molar-refractivity contribution >= 4 is 23.8 Å². The van der Waals surface area contributed by atoms with Crippen molar-refractivity contribution in [1.29, 1.82) is 0 Å². The van der Waals surface area contributed by atoms with Crippen LogP contribution in [0.25, 0.3) is 11.1 Å². The fourth-order valence-corrected chi connectivity index (χ4v) is 6.67. The normalized spacial score (nSPS) is 17.6. The largest absolute Gasteiger partial charge is 0.467 e. The molecular weight excluding hydrogens is 665 g/mol. The lowest BCUT2D eigenvalue weighted by Gasteiger charge is -2.36. The Bertz CT molecular complexity index is 1880. The molecule has 11 heteroatoms. The molecule has 1 aromatic heterocycles. The van der Waals surface area contributed by atoms with Crippen LogP contribution in [0.4, 0.5) is 4.79 Å². The van der Waals surface area contributed by atoms with Crippen LogP contribution in [0.3, 0.4) is 0 Å². The zero-order chi connectivity index (χ0) is 35.4. The van der Waals surface area contributed by atoms with E-state index in [1.54, 1.807) is 30.2 Å². The SMILES string of the molecule is COC(=O)[C@H](Cc1ccccc1)NC(=O)NCc1cccc(-c2cccc([C@@H]3O[C@H](CSc4ncccn4)C[C@H](c4ccc(CO)cc4)O3)c2)c1. The second kappa shape index (κ2) is 17.7. The number of nitrogens with zero attached hydrogens (tertiary/aromatic N) is 2. The first-order valence-electron chi connectivity index (χ1n) is 16.7. The number of rotatable bonds is 13. The molecule has 262 valence electrons.